The predicted octanol–water partition coefficient (Wildman–Crippen LogP) is 4.43. The fourth-order valence-electron chi connectivity index (χ4n) is 2.37. The maximum absolute atomic E-state index is 11.9. The van der Waals surface area contributed by atoms with Gasteiger partial charge in [-0.2, -0.15) is 5.32 Å². The summed E-state index contributed by atoms with van der Waals surface area (Å²) in [6, 6.07) is -0.573. The Morgan fingerprint density at radius 1 is 1.00 bits per heavy atom. The Bertz CT molecular complexity index is 292. The van der Waals surface area contributed by atoms with Crippen LogP contribution in [0.1, 0.15) is 71.1 Å². The van der Waals surface area contributed by atoms with Crippen molar-refractivity contribution in [3.63, 3.8) is 0 Å². The van der Waals surface area contributed by atoms with Crippen LogP contribution in [-0.2, 0) is 0 Å². The van der Waals surface area contributed by atoms with E-state index in [-0.39, 0.29) is 0 Å². The molecule has 0 aromatic carbocycles. The van der Waals surface area contributed by atoms with Crippen molar-refractivity contribution in [3.8, 4) is 0 Å². The number of rotatable bonds is 11. The molecule has 1 rings (SSSR count). The van der Waals surface area contributed by atoms with Gasteiger partial charge in [0.25, 0.3) is 0 Å². The first-order valence-corrected chi connectivity index (χ1v) is 7.71. The van der Waals surface area contributed by atoms with Crippen molar-refractivity contribution in [3.05, 3.63) is 17.6 Å². The molecule has 4 nitrogen and oxygen atoms in total. The zero-order chi connectivity index (χ0) is 14.0. The second-order valence-corrected chi connectivity index (χ2v) is 5.41. The summed E-state index contributed by atoms with van der Waals surface area (Å²) in [6.45, 7) is 2.58. The molecule has 0 spiro atoms. The third kappa shape index (κ3) is 6.21. The van der Waals surface area contributed by atoms with Gasteiger partial charge in [-0.05, 0) is 12.8 Å². The van der Waals surface area contributed by atoms with E-state index >= 15 is 0 Å². The SMILES string of the molecule is CCCCCCCCCCCC[N+]1([O-])C=C[N]C1=O. The van der Waals surface area contributed by atoms with Crippen molar-refractivity contribution >= 4 is 6.03 Å². The normalized spacial score (nSPS) is 21.9. The molecule has 1 unspecified atom stereocenters. The van der Waals surface area contributed by atoms with E-state index in [0.29, 0.717) is 6.54 Å². The van der Waals surface area contributed by atoms with E-state index < -0.39 is 10.7 Å². The molecule has 1 radical (unpaired) electrons. The molecule has 1 atom stereocenters. The zero-order valence-electron chi connectivity index (χ0n) is 12.1. The smallest absolute Gasteiger partial charge is 0.447 e. The molecule has 4 heteroatoms. The van der Waals surface area contributed by atoms with Crippen molar-refractivity contribution in [1.82, 2.24) is 5.32 Å². The number of carbonyl (C=O) groups is 1. The molecule has 0 fully saturated rings. The average Bonchev–Trinajstić information content (AvgIpc) is 2.72. The van der Waals surface area contributed by atoms with Crippen LogP contribution in [0.5, 0.6) is 0 Å². The van der Waals surface area contributed by atoms with Crippen molar-refractivity contribution in [2.75, 3.05) is 6.54 Å². The molecule has 0 aromatic heterocycles. The van der Waals surface area contributed by atoms with Gasteiger partial charge in [-0.1, -0.05) is 58.3 Å². The van der Waals surface area contributed by atoms with Gasteiger partial charge in [-0.15, -0.1) is 0 Å². The molecule has 109 valence electrons. The minimum Gasteiger partial charge on any atom is -0.619 e. The first-order valence-electron chi connectivity index (χ1n) is 7.71. The highest BCUT2D eigenvalue weighted by molar-refractivity contribution is 5.70. The monoisotopic (exact) mass is 267 g/mol. The fraction of sp³-hybridized carbons (Fsp3) is 0.800. The van der Waals surface area contributed by atoms with Crippen LogP contribution < -0.4 is 5.32 Å². The van der Waals surface area contributed by atoms with Gasteiger partial charge in [-0.3, -0.25) is 0 Å². The van der Waals surface area contributed by atoms with Crippen LogP contribution >= 0.6 is 0 Å². The van der Waals surface area contributed by atoms with E-state index in [1.807, 2.05) is 0 Å². The summed E-state index contributed by atoms with van der Waals surface area (Å²) in [5.41, 5.74) is 0. The number of nitrogens with zero attached hydrogens (tertiary/aromatic N) is 2. The van der Waals surface area contributed by atoms with Gasteiger partial charge in [0, 0.05) is 0 Å². The predicted molar refractivity (Wildman–Crippen MR) is 77.0 cm³/mol. The third-order valence-electron chi connectivity index (χ3n) is 3.66. The van der Waals surface area contributed by atoms with Crippen LogP contribution in [0.3, 0.4) is 0 Å². The van der Waals surface area contributed by atoms with Crippen LogP contribution in [0, 0.1) is 5.21 Å². The number of hydrogen-bond donors (Lipinski definition) is 0. The van der Waals surface area contributed by atoms with Crippen molar-refractivity contribution in [1.29, 1.82) is 0 Å². The lowest BCUT2D eigenvalue weighted by Gasteiger charge is -2.30. The molecule has 1 aliphatic heterocycles. The number of hydroxylamine groups is 3. The highest BCUT2D eigenvalue weighted by Gasteiger charge is 2.30. The van der Waals surface area contributed by atoms with Gasteiger partial charge in [-0.25, -0.2) is 9.44 Å². The third-order valence-corrected chi connectivity index (χ3v) is 3.66. The van der Waals surface area contributed by atoms with E-state index in [2.05, 4.69) is 12.2 Å². The number of unbranched alkanes of at least 4 members (excludes halogenated alkanes) is 9. The van der Waals surface area contributed by atoms with Crippen LogP contribution in [0.4, 0.5) is 4.79 Å². The number of amides is 2. The molecule has 0 N–H and O–H groups in total. The molecule has 2 amide bonds. The molecule has 0 saturated carbocycles. The summed E-state index contributed by atoms with van der Waals surface area (Å²) < 4.78 is -0.878. The number of carbonyl (C=O) groups excluding carboxylic acids is 1. The number of quaternary nitrogens is 1. The van der Waals surface area contributed by atoms with Gasteiger partial charge < -0.3 is 5.21 Å². The Balaban J connectivity index is 1.89. The van der Waals surface area contributed by atoms with Crippen molar-refractivity contribution < 1.29 is 9.44 Å². The summed E-state index contributed by atoms with van der Waals surface area (Å²) in [4.78, 5) is 11.2. The van der Waals surface area contributed by atoms with Gasteiger partial charge in [0.1, 0.15) is 6.20 Å². The van der Waals surface area contributed by atoms with Gasteiger partial charge in [0.05, 0.1) is 12.7 Å². The molecular weight excluding hydrogens is 240 g/mol. The molecular formula is C15H27N2O2. The van der Waals surface area contributed by atoms with Crippen LogP contribution in [0.2, 0.25) is 0 Å². The first-order chi connectivity index (χ1) is 9.19. The molecule has 0 bridgehead atoms. The minimum atomic E-state index is -0.878. The summed E-state index contributed by atoms with van der Waals surface area (Å²) in [5.74, 6) is 0. The van der Waals surface area contributed by atoms with Crippen LogP contribution in [0.15, 0.2) is 12.4 Å². The zero-order valence-corrected chi connectivity index (χ0v) is 12.1. The Morgan fingerprint density at radius 2 is 1.53 bits per heavy atom. The minimum absolute atomic E-state index is 0.343. The second kappa shape index (κ2) is 9.10. The lowest BCUT2D eigenvalue weighted by atomic mass is 10.1. The lowest BCUT2D eigenvalue weighted by molar-refractivity contribution is -0.739. The Morgan fingerprint density at radius 3 is 2.00 bits per heavy atom. The number of urea groups is 1. The van der Waals surface area contributed by atoms with Crippen LogP contribution in [0.25, 0.3) is 0 Å². The second-order valence-electron chi connectivity index (χ2n) is 5.41. The lowest BCUT2D eigenvalue weighted by Crippen LogP contribution is -2.41. The Labute approximate surface area is 117 Å². The van der Waals surface area contributed by atoms with E-state index in [1.165, 1.54) is 63.8 Å². The van der Waals surface area contributed by atoms with Gasteiger partial charge in [0.15, 0.2) is 0 Å². The molecule has 0 saturated heterocycles. The Kier molecular flexibility index (Phi) is 7.75. The van der Waals surface area contributed by atoms with Crippen molar-refractivity contribution in [2.24, 2.45) is 0 Å². The highest BCUT2D eigenvalue weighted by Crippen LogP contribution is 2.16. The van der Waals surface area contributed by atoms with Crippen LogP contribution in [-0.4, -0.2) is 17.2 Å². The van der Waals surface area contributed by atoms with E-state index in [0.717, 1.165) is 12.8 Å². The average molecular weight is 267 g/mol. The summed E-state index contributed by atoms with van der Waals surface area (Å²) in [6.07, 6.45) is 15.0. The van der Waals surface area contributed by atoms with E-state index in [1.54, 1.807) is 0 Å². The largest absolute Gasteiger partial charge is 0.619 e. The van der Waals surface area contributed by atoms with E-state index in [4.69, 9.17) is 0 Å². The molecule has 1 heterocycles. The van der Waals surface area contributed by atoms with Gasteiger partial charge >= 0.3 is 6.03 Å². The number of hydrogen-bond acceptors (Lipinski definition) is 2. The van der Waals surface area contributed by atoms with Gasteiger partial charge in [0.2, 0.25) is 0 Å². The quantitative estimate of drug-likeness (QED) is 0.316. The Hall–Kier alpha value is -0.870. The summed E-state index contributed by atoms with van der Waals surface area (Å²) in [5, 5.41) is 15.4. The maximum atomic E-state index is 11.9. The summed E-state index contributed by atoms with van der Waals surface area (Å²) >= 11 is 0. The standard InChI is InChI=1S/C15H27N2O2/c1-2-3-4-5-6-7-8-9-10-11-13-17(19)14-12-16-15(17)18/h12,14H,2-11,13H2,1H3. The molecule has 1 aliphatic rings. The molecule has 0 aliphatic carbocycles. The first kappa shape index (κ1) is 16.2. The van der Waals surface area contributed by atoms with E-state index in [9.17, 15) is 10.0 Å². The van der Waals surface area contributed by atoms with Crippen molar-refractivity contribution in [2.45, 2.75) is 71.1 Å². The maximum Gasteiger partial charge on any atom is 0.447 e. The fourth-order valence-corrected chi connectivity index (χ4v) is 2.37. The molecule has 0 aromatic rings. The molecule has 19 heavy (non-hydrogen) atoms. The topological polar surface area (TPSA) is 54.2 Å². The summed E-state index contributed by atoms with van der Waals surface area (Å²) in [7, 11) is 0. The highest BCUT2D eigenvalue weighted by atomic mass is 16.6.